The highest BCUT2D eigenvalue weighted by molar-refractivity contribution is 5.94. The quantitative estimate of drug-likeness (QED) is 0.634. The molecular weight excluding hydrogens is 407 g/mol. The number of halogens is 3. The molecule has 0 atom stereocenters. The number of rotatable bonds is 3. The van der Waals surface area contributed by atoms with Crippen molar-refractivity contribution in [1.82, 2.24) is 19.9 Å². The summed E-state index contributed by atoms with van der Waals surface area (Å²) in [5.74, 6) is 0.107. The Labute approximate surface area is 177 Å². The second-order valence-electron chi connectivity index (χ2n) is 7.17. The zero-order valence-electron chi connectivity index (χ0n) is 16.6. The van der Waals surface area contributed by atoms with E-state index in [1.807, 2.05) is 6.07 Å². The molecule has 6 nitrogen and oxygen atoms in total. The SMILES string of the molecule is O=C(c1ccccc1)N1CCCN(c2cc(C(F)(F)F)nc(-c3ccncc3)n2)CC1. The Balaban J connectivity index is 1.59. The van der Waals surface area contributed by atoms with Gasteiger partial charge in [-0.25, -0.2) is 9.97 Å². The van der Waals surface area contributed by atoms with E-state index >= 15 is 0 Å². The van der Waals surface area contributed by atoms with E-state index < -0.39 is 11.9 Å². The van der Waals surface area contributed by atoms with Crippen molar-refractivity contribution in [2.75, 3.05) is 31.1 Å². The Bertz CT molecular complexity index is 1040. The number of alkyl halides is 3. The van der Waals surface area contributed by atoms with Crippen molar-refractivity contribution in [3.63, 3.8) is 0 Å². The summed E-state index contributed by atoms with van der Waals surface area (Å²) in [6.45, 7) is 1.79. The van der Waals surface area contributed by atoms with Crippen LogP contribution in [0.4, 0.5) is 19.0 Å². The first kappa shape index (κ1) is 20.8. The van der Waals surface area contributed by atoms with E-state index in [9.17, 15) is 18.0 Å². The molecule has 1 saturated heterocycles. The third kappa shape index (κ3) is 4.82. The monoisotopic (exact) mass is 427 g/mol. The Morgan fingerprint density at radius 2 is 1.65 bits per heavy atom. The number of benzene rings is 1. The van der Waals surface area contributed by atoms with Crippen molar-refractivity contribution in [2.24, 2.45) is 0 Å². The predicted octanol–water partition coefficient (Wildman–Crippen LogP) is 3.91. The lowest BCUT2D eigenvalue weighted by atomic mass is 10.2. The molecule has 1 aliphatic heterocycles. The van der Waals surface area contributed by atoms with E-state index in [2.05, 4.69) is 15.0 Å². The maximum absolute atomic E-state index is 13.5. The summed E-state index contributed by atoms with van der Waals surface area (Å²) in [5.41, 5.74) is 0.0566. The molecule has 1 amide bonds. The Morgan fingerprint density at radius 1 is 0.903 bits per heavy atom. The highest BCUT2D eigenvalue weighted by Crippen LogP contribution is 2.32. The number of amides is 1. The van der Waals surface area contributed by atoms with Crippen molar-refractivity contribution in [2.45, 2.75) is 12.6 Å². The van der Waals surface area contributed by atoms with E-state index in [-0.39, 0.29) is 17.5 Å². The minimum absolute atomic E-state index is 0.00584. The summed E-state index contributed by atoms with van der Waals surface area (Å²) >= 11 is 0. The molecule has 9 heteroatoms. The molecular formula is C22H20F3N5O. The fourth-order valence-electron chi connectivity index (χ4n) is 3.48. The van der Waals surface area contributed by atoms with E-state index in [0.717, 1.165) is 6.07 Å². The molecule has 0 unspecified atom stereocenters. The first-order valence-electron chi connectivity index (χ1n) is 9.88. The molecule has 4 rings (SSSR count). The maximum atomic E-state index is 13.5. The molecule has 3 aromatic rings. The van der Waals surface area contributed by atoms with Crippen LogP contribution >= 0.6 is 0 Å². The lowest BCUT2D eigenvalue weighted by Gasteiger charge is -2.24. The van der Waals surface area contributed by atoms with Crippen LogP contribution in [0.25, 0.3) is 11.4 Å². The zero-order valence-corrected chi connectivity index (χ0v) is 16.6. The molecule has 3 heterocycles. The third-order valence-corrected chi connectivity index (χ3v) is 5.07. The standard InChI is InChI=1S/C22H20F3N5O/c23-22(24,25)18-15-19(28-20(27-18)16-7-9-26-10-8-16)29-11-4-12-30(14-13-29)21(31)17-5-2-1-3-6-17/h1-3,5-10,15H,4,11-14H2. The maximum Gasteiger partial charge on any atom is 0.433 e. The summed E-state index contributed by atoms with van der Waals surface area (Å²) in [7, 11) is 0. The Morgan fingerprint density at radius 3 is 2.35 bits per heavy atom. The lowest BCUT2D eigenvalue weighted by Crippen LogP contribution is -2.35. The van der Waals surface area contributed by atoms with E-state index in [0.29, 0.717) is 43.7 Å². The second kappa shape index (κ2) is 8.71. The van der Waals surface area contributed by atoms with E-state index in [1.54, 1.807) is 46.2 Å². The van der Waals surface area contributed by atoms with Crippen LogP contribution in [0.15, 0.2) is 60.9 Å². The van der Waals surface area contributed by atoms with Crippen LogP contribution < -0.4 is 4.90 Å². The molecule has 1 aromatic carbocycles. The van der Waals surface area contributed by atoms with Crippen molar-refractivity contribution < 1.29 is 18.0 Å². The van der Waals surface area contributed by atoms with Crippen molar-refractivity contribution >= 4 is 11.7 Å². The number of hydrogen-bond donors (Lipinski definition) is 0. The minimum Gasteiger partial charge on any atom is -0.355 e. The molecule has 1 fully saturated rings. The summed E-state index contributed by atoms with van der Waals surface area (Å²) in [6, 6.07) is 13.1. The van der Waals surface area contributed by atoms with Gasteiger partial charge in [0, 0.05) is 55.8 Å². The Kier molecular flexibility index (Phi) is 5.83. The lowest BCUT2D eigenvalue weighted by molar-refractivity contribution is -0.141. The van der Waals surface area contributed by atoms with Crippen molar-refractivity contribution in [1.29, 1.82) is 0 Å². The van der Waals surface area contributed by atoms with Gasteiger partial charge in [0.05, 0.1) is 0 Å². The number of aromatic nitrogens is 3. The van der Waals surface area contributed by atoms with Gasteiger partial charge >= 0.3 is 6.18 Å². The molecule has 0 spiro atoms. The molecule has 31 heavy (non-hydrogen) atoms. The molecule has 160 valence electrons. The largest absolute Gasteiger partial charge is 0.433 e. The predicted molar refractivity (Wildman–Crippen MR) is 109 cm³/mol. The van der Waals surface area contributed by atoms with Crippen molar-refractivity contribution in [3.05, 3.63) is 72.2 Å². The average Bonchev–Trinajstić information content (AvgIpc) is 3.05. The number of carbonyl (C=O) groups excluding carboxylic acids is 1. The van der Waals surface area contributed by atoms with Gasteiger partial charge in [-0.3, -0.25) is 9.78 Å². The van der Waals surface area contributed by atoms with Crippen molar-refractivity contribution in [3.8, 4) is 11.4 Å². The normalized spacial score (nSPS) is 14.9. The first-order valence-corrected chi connectivity index (χ1v) is 9.88. The zero-order chi connectivity index (χ0) is 21.8. The molecule has 0 saturated carbocycles. The summed E-state index contributed by atoms with van der Waals surface area (Å²) in [5, 5.41) is 0. The summed E-state index contributed by atoms with van der Waals surface area (Å²) in [6.07, 6.45) is -1.01. The molecule has 0 radical (unpaired) electrons. The number of carbonyl (C=O) groups is 1. The van der Waals surface area contributed by atoms with E-state index in [4.69, 9.17) is 0 Å². The number of hydrogen-bond acceptors (Lipinski definition) is 5. The van der Waals surface area contributed by atoms with Gasteiger partial charge in [0.2, 0.25) is 0 Å². The van der Waals surface area contributed by atoms with Gasteiger partial charge in [-0.1, -0.05) is 18.2 Å². The third-order valence-electron chi connectivity index (χ3n) is 5.07. The van der Waals surface area contributed by atoms with Crippen LogP contribution in [0.2, 0.25) is 0 Å². The molecule has 0 N–H and O–H groups in total. The van der Waals surface area contributed by atoms with Crippen LogP contribution in [0.5, 0.6) is 0 Å². The number of pyridine rings is 1. The molecule has 0 bridgehead atoms. The first-order chi connectivity index (χ1) is 14.9. The van der Waals surface area contributed by atoms with Crippen LogP contribution in [-0.2, 0) is 6.18 Å². The highest BCUT2D eigenvalue weighted by atomic mass is 19.4. The van der Waals surface area contributed by atoms with Gasteiger partial charge < -0.3 is 9.80 Å². The van der Waals surface area contributed by atoms with Gasteiger partial charge in [-0.05, 0) is 30.7 Å². The fourth-order valence-corrected chi connectivity index (χ4v) is 3.48. The second-order valence-corrected chi connectivity index (χ2v) is 7.17. The fraction of sp³-hybridized carbons (Fsp3) is 0.273. The average molecular weight is 427 g/mol. The summed E-state index contributed by atoms with van der Waals surface area (Å²) < 4.78 is 40.5. The smallest absolute Gasteiger partial charge is 0.355 e. The van der Waals surface area contributed by atoms with Gasteiger partial charge in [0.1, 0.15) is 5.82 Å². The Hall–Kier alpha value is -3.49. The van der Waals surface area contributed by atoms with Gasteiger partial charge in [-0.15, -0.1) is 0 Å². The molecule has 0 aliphatic carbocycles. The number of nitrogens with zero attached hydrogens (tertiary/aromatic N) is 5. The van der Waals surface area contributed by atoms with E-state index in [1.165, 1.54) is 12.4 Å². The van der Waals surface area contributed by atoms with Gasteiger partial charge in [0.15, 0.2) is 11.5 Å². The number of anilines is 1. The van der Waals surface area contributed by atoms with Gasteiger partial charge in [-0.2, -0.15) is 13.2 Å². The van der Waals surface area contributed by atoms with Crippen LogP contribution in [-0.4, -0.2) is 51.9 Å². The molecule has 1 aliphatic rings. The topological polar surface area (TPSA) is 62.2 Å². The van der Waals surface area contributed by atoms with Crippen LogP contribution in [0, 0.1) is 0 Å². The highest BCUT2D eigenvalue weighted by Gasteiger charge is 2.34. The van der Waals surface area contributed by atoms with Gasteiger partial charge in [0.25, 0.3) is 5.91 Å². The summed E-state index contributed by atoms with van der Waals surface area (Å²) in [4.78, 5) is 28.3. The minimum atomic E-state index is -4.60. The van der Waals surface area contributed by atoms with Crippen LogP contribution in [0.3, 0.4) is 0 Å². The molecule has 2 aromatic heterocycles. The van der Waals surface area contributed by atoms with Crippen LogP contribution in [0.1, 0.15) is 22.5 Å².